The number of nitriles is 1. The molecular weight excluding hydrogens is 206 g/mol. The van der Waals surface area contributed by atoms with E-state index in [1.807, 2.05) is 19.9 Å². The molecule has 15 heavy (non-hydrogen) atoms. The summed E-state index contributed by atoms with van der Waals surface area (Å²) >= 11 is 0. The summed E-state index contributed by atoms with van der Waals surface area (Å²) in [6, 6.07) is 8.22. The second-order valence-electron chi connectivity index (χ2n) is 3.69. The number of rotatable bonds is 4. The van der Waals surface area contributed by atoms with Gasteiger partial charge in [-0.25, -0.2) is 0 Å². The van der Waals surface area contributed by atoms with Crippen molar-refractivity contribution in [3.63, 3.8) is 0 Å². The maximum absolute atomic E-state index is 11.6. The van der Waals surface area contributed by atoms with Crippen molar-refractivity contribution in [1.82, 2.24) is 0 Å². The zero-order valence-electron chi connectivity index (χ0n) is 9.12. The van der Waals surface area contributed by atoms with Crippen molar-refractivity contribution in [2.45, 2.75) is 26.0 Å². The van der Waals surface area contributed by atoms with Gasteiger partial charge in [-0.2, -0.15) is 5.26 Å². The van der Waals surface area contributed by atoms with Crippen LogP contribution in [0.15, 0.2) is 18.2 Å². The second-order valence-corrected chi connectivity index (χ2v) is 5.27. The summed E-state index contributed by atoms with van der Waals surface area (Å²) in [7, 11) is -0.910. The average molecular weight is 221 g/mol. The second kappa shape index (κ2) is 5.67. The van der Waals surface area contributed by atoms with Crippen LogP contribution in [-0.4, -0.2) is 9.96 Å². The zero-order valence-corrected chi connectivity index (χ0v) is 9.93. The predicted octanol–water partition coefficient (Wildman–Crippen LogP) is 2.47. The standard InChI is InChI=1S/C12H15NOS/c1-10-6-11(2)8-12(7-10)9-15(14)5-3-4-13/h6-8H,3,5,9H2,1-2H3. The van der Waals surface area contributed by atoms with Crippen LogP contribution in [0.1, 0.15) is 23.1 Å². The molecule has 2 nitrogen and oxygen atoms in total. The zero-order chi connectivity index (χ0) is 11.3. The first-order valence-corrected chi connectivity index (χ1v) is 6.39. The molecule has 1 atom stereocenters. The Hall–Kier alpha value is -1.14. The minimum absolute atomic E-state index is 0.372. The van der Waals surface area contributed by atoms with Crippen LogP contribution in [0.25, 0.3) is 0 Å². The Labute approximate surface area is 93.4 Å². The molecule has 0 fully saturated rings. The number of hydrogen-bond acceptors (Lipinski definition) is 2. The first-order chi connectivity index (χ1) is 7.11. The third-order valence-electron chi connectivity index (χ3n) is 2.05. The highest BCUT2D eigenvalue weighted by molar-refractivity contribution is 7.84. The van der Waals surface area contributed by atoms with Gasteiger partial charge in [-0.15, -0.1) is 0 Å². The van der Waals surface area contributed by atoms with Crippen LogP contribution in [0.4, 0.5) is 0 Å². The van der Waals surface area contributed by atoms with Crippen molar-refractivity contribution >= 4 is 10.8 Å². The van der Waals surface area contributed by atoms with Crippen LogP contribution in [0.2, 0.25) is 0 Å². The summed E-state index contributed by atoms with van der Waals surface area (Å²) in [6.45, 7) is 4.07. The van der Waals surface area contributed by atoms with Crippen molar-refractivity contribution < 1.29 is 4.21 Å². The lowest BCUT2D eigenvalue weighted by atomic mass is 10.1. The molecule has 1 aromatic carbocycles. The molecule has 0 aromatic heterocycles. The summed E-state index contributed by atoms with van der Waals surface area (Å²) in [5, 5.41) is 8.39. The highest BCUT2D eigenvalue weighted by atomic mass is 32.2. The Bertz CT molecular complexity index is 386. The molecule has 0 aliphatic rings. The third kappa shape index (κ3) is 4.26. The summed E-state index contributed by atoms with van der Waals surface area (Å²) in [5.74, 6) is 1.04. The van der Waals surface area contributed by atoms with E-state index in [9.17, 15) is 4.21 Å². The van der Waals surface area contributed by atoms with Gasteiger partial charge in [0.25, 0.3) is 0 Å². The maximum Gasteiger partial charge on any atom is 0.0631 e. The summed E-state index contributed by atoms with van der Waals surface area (Å²) in [6.07, 6.45) is 0.372. The molecule has 3 heteroatoms. The van der Waals surface area contributed by atoms with Gasteiger partial charge in [0.1, 0.15) is 0 Å². The molecule has 0 saturated heterocycles. The van der Waals surface area contributed by atoms with Crippen LogP contribution >= 0.6 is 0 Å². The first-order valence-electron chi connectivity index (χ1n) is 4.91. The van der Waals surface area contributed by atoms with E-state index in [2.05, 4.69) is 18.2 Å². The van der Waals surface area contributed by atoms with E-state index < -0.39 is 10.8 Å². The summed E-state index contributed by atoms with van der Waals surface area (Å²) < 4.78 is 11.6. The number of benzene rings is 1. The van der Waals surface area contributed by atoms with E-state index in [0.717, 1.165) is 5.56 Å². The fourth-order valence-corrected chi connectivity index (χ4v) is 2.57. The molecule has 0 heterocycles. The minimum Gasteiger partial charge on any atom is -0.259 e. The molecule has 0 radical (unpaired) electrons. The van der Waals surface area contributed by atoms with Gasteiger partial charge in [-0.05, 0) is 19.4 Å². The van der Waals surface area contributed by atoms with Crippen molar-refractivity contribution in [2.75, 3.05) is 5.75 Å². The topological polar surface area (TPSA) is 40.9 Å². The highest BCUT2D eigenvalue weighted by Gasteiger charge is 2.02. The summed E-state index contributed by atoms with van der Waals surface area (Å²) in [4.78, 5) is 0. The molecule has 80 valence electrons. The van der Waals surface area contributed by atoms with E-state index in [0.29, 0.717) is 17.9 Å². The van der Waals surface area contributed by atoms with Crippen molar-refractivity contribution in [3.8, 4) is 6.07 Å². The average Bonchev–Trinajstić information content (AvgIpc) is 2.13. The Morgan fingerprint density at radius 2 is 1.87 bits per heavy atom. The monoisotopic (exact) mass is 221 g/mol. The van der Waals surface area contributed by atoms with Gasteiger partial charge in [-0.3, -0.25) is 4.21 Å². The molecule has 0 aliphatic carbocycles. The summed E-state index contributed by atoms with van der Waals surface area (Å²) in [5.41, 5.74) is 3.49. The molecule has 0 bridgehead atoms. The van der Waals surface area contributed by atoms with E-state index in [-0.39, 0.29) is 0 Å². The molecule has 0 amide bonds. The quantitative estimate of drug-likeness (QED) is 0.783. The molecular formula is C12H15NOS. The van der Waals surface area contributed by atoms with Crippen LogP contribution in [0.3, 0.4) is 0 Å². The smallest absolute Gasteiger partial charge is 0.0631 e. The van der Waals surface area contributed by atoms with Gasteiger partial charge in [0.15, 0.2) is 0 Å². The lowest BCUT2D eigenvalue weighted by Crippen LogP contribution is -2.00. The molecule has 1 aromatic rings. The molecule has 1 unspecified atom stereocenters. The Kier molecular flexibility index (Phi) is 4.51. The fourth-order valence-electron chi connectivity index (χ4n) is 1.57. The van der Waals surface area contributed by atoms with E-state index in [1.54, 1.807) is 0 Å². The van der Waals surface area contributed by atoms with Crippen molar-refractivity contribution in [3.05, 3.63) is 34.9 Å². The normalized spacial score (nSPS) is 12.1. The lowest BCUT2D eigenvalue weighted by molar-refractivity contribution is 0.682. The lowest BCUT2D eigenvalue weighted by Gasteiger charge is -2.04. The van der Waals surface area contributed by atoms with Crippen LogP contribution < -0.4 is 0 Å². The number of nitrogens with zero attached hydrogens (tertiary/aromatic N) is 1. The maximum atomic E-state index is 11.6. The van der Waals surface area contributed by atoms with Gasteiger partial charge in [-0.1, -0.05) is 29.3 Å². The largest absolute Gasteiger partial charge is 0.259 e. The highest BCUT2D eigenvalue weighted by Crippen LogP contribution is 2.11. The molecule has 1 rings (SSSR count). The predicted molar refractivity (Wildman–Crippen MR) is 62.9 cm³/mol. The van der Waals surface area contributed by atoms with Gasteiger partial charge in [0, 0.05) is 28.7 Å². The van der Waals surface area contributed by atoms with Crippen molar-refractivity contribution in [2.24, 2.45) is 0 Å². The fraction of sp³-hybridized carbons (Fsp3) is 0.417. The van der Waals surface area contributed by atoms with E-state index in [4.69, 9.17) is 5.26 Å². The minimum atomic E-state index is -0.910. The van der Waals surface area contributed by atoms with E-state index >= 15 is 0 Å². The van der Waals surface area contributed by atoms with Gasteiger partial charge < -0.3 is 0 Å². The van der Waals surface area contributed by atoms with Crippen LogP contribution in [0, 0.1) is 25.2 Å². The SMILES string of the molecule is Cc1cc(C)cc(CS(=O)CCC#N)c1. The Morgan fingerprint density at radius 1 is 1.27 bits per heavy atom. The number of aryl methyl sites for hydroxylation is 2. The Balaban J connectivity index is 2.65. The molecule has 0 N–H and O–H groups in total. The molecule has 0 spiro atoms. The van der Waals surface area contributed by atoms with Crippen LogP contribution in [-0.2, 0) is 16.6 Å². The first kappa shape index (κ1) is 11.9. The van der Waals surface area contributed by atoms with Gasteiger partial charge in [0.2, 0.25) is 0 Å². The molecule has 0 aliphatic heterocycles. The van der Waals surface area contributed by atoms with Gasteiger partial charge in [0.05, 0.1) is 6.07 Å². The van der Waals surface area contributed by atoms with E-state index in [1.165, 1.54) is 11.1 Å². The third-order valence-corrected chi connectivity index (χ3v) is 3.37. The van der Waals surface area contributed by atoms with Crippen molar-refractivity contribution in [1.29, 1.82) is 5.26 Å². The van der Waals surface area contributed by atoms with Gasteiger partial charge >= 0.3 is 0 Å². The Morgan fingerprint density at radius 3 is 2.40 bits per heavy atom. The van der Waals surface area contributed by atoms with Crippen LogP contribution in [0.5, 0.6) is 0 Å². The molecule has 0 saturated carbocycles. The number of hydrogen-bond donors (Lipinski definition) is 0.